The van der Waals surface area contributed by atoms with E-state index in [0.717, 1.165) is 49.0 Å². The fraction of sp³-hybridized carbons (Fsp3) is 0.714. The third-order valence-corrected chi connectivity index (χ3v) is 4.24. The van der Waals surface area contributed by atoms with Crippen molar-refractivity contribution in [3.8, 4) is 0 Å². The Morgan fingerprint density at radius 3 is 2.70 bits per heavy atom. The van der Waals surface area contributed by atoms with E-state index >= 15 is 0 Å². The number of likely N-dealkylation sites (N-methyl/N-ethyl adjacent to an activating group) is 1. The summed E-state index contributed by atoms with van der Waals surface area (Å²) in [6.45, 7) is 3.51. The Labute approximate surface area is 125 Å². The van der Waals surface area contributed by atoms with Gasteiger partial charge in [0.05, 0.1) is 5.60 Å². The normalized spacial score (nSPS) is 17.2. The second kappa shape index (κ2) is 6.63. The summed E-state index contributed by atoms with van der Waals surface area (Å²) in [6, 6.07) is 1.95. The highest BCUT2D eigenvalue weighted by atomic mass is 32.2. The van der Waals surface area contributed by atoms with Crippen molar-refractivity contribution >= 4 is 23.4 Å². The average Bonchev–Trinajstić information content (AvgIpc) is 2.85. The molecule has 0 amide bonds. The van der Waals surface area contributed by atoms with Crippen molar-refractivity contribution in [2.75, 3.05) is 36.6 Å². The van der Waals surface area contributed by atoms with E-state index in [-0.39, 0.29) is 0 Å². The molecule has 0 aliphatic heterocycles. The molecule has 1 fully saturated rings. The van der Waals surface area contributed by atoms with Gasteiger partial charge < -0.3 is 15.3 Å². The fourth-order valence-corrected chi connectivity index (χ4v) is 3.06. The average molecular weight is 296 g/mol. The molecule has 1 aliphatic carbocycles. The van der Waals surface area contributed by atoms with Crippen LogP contribution in [0.5, 0.6) is 0 Å². The summed E-state index contributed by atoms with van der Waals surface area (Å²) in [7, 11) is 1.98. The minimum absolute atomic E-state index is 0.558. The van der Waals surface area contributed by atoms with E-state index in [1.165, 1.54) is 11.8 Å². The monoisotopic (exact) mass is 296 g/mol. The molecule has 0 spiro atoms. The van der Waals surface area contributed by atoms with Crippen LogP contribution >= 0.6 is 11.8 Å². The Kier molecular flexibility index (Phi) is 5.10. The second-order valence-electron chi connectivity index (χ2n) is 5.42. The molecule has 6 heteroatoms. The van der Waals surface area contributed by atoms with E-state index < -0.39 is 5.60 Å². The molecule has 0 radical (unpaired) electrons. The van der Waals surface area contributed by atoms with Gasteiger partial charge in [-0.15, -0.1) is 0 Å². The molecule has 0 unspecified atom stereocenters. The summed E-state index contributed by atoms with van der Waals surface area (Å²) < 4.78 is 0. The molecule has 0 bridgehead atoms. The van der Waals surface area contributed by atoms with E-state index in [2.05, 4.69) is 15.3 Å². The first kappa shape index (κ1) is 15.4. The van der Waals surface area contributed by atoms with Crippen LogP contribution in [0, 0.1) is 0 Å². The standard InChI is InChI=1S/C14H24N4OS/c1-4-15-11-9-12(17-13(16-11)20-3)18(2)10-14(19)7-5-6-8-14/h9,19H,4-8,10H2,1-3H3,(H,15,16,17). The number of aromatic nitrogens is 2. The van der Waals surface area contributed by atoms with Crippen molar-refractivity contribution in [1.82, 2.24) is 9.97 Å². The zero-order chi connectivity index (χ0) is 14.6. The zero-order valence-electron chi connectivity index (χ0n) is 12.5. The van der Waals surface area contributed by atoms with E-state index in [0.29, 0.717) is 6.54 Å². The summed E-state index contributed by atoms with van der Waals surface area (Å²) in [5, 5.41) is 14.5. The summed E-state index contributed by atoms with van der Waals surface area (Å²) in [5.41, 5.74) is -0.558. The van der Waals surface area contributed by atoms with Crippen molar-refractivity contribution in [2.45, 2.75) is 43.4 Å². The van der Waals surface area contributed by atoms with Crippen LogP contribution in [0.25, 0.3) is 0 Å². The lowest BCUT2D eigenvalue weighted by molar-refractivity contribution is 0.0557. The van der Waals surface area contributed by atoms with Gasteiger partial charge in [0.25, 0.3) is 0 Å². The van der Waals surface area contributed by atoms with Crippen LogP contribution in [0.1, 0.15) is 32.6 Å². The van der Waals surface area contributed by atoms with Crippen molar-refractivity contribution < 1.29 is 5.11 Å². The Morgan fingerprint density at radius 1 is 1.40 bits per heavy atom. The highest BCUT2D eigenvalue weighted by Gasteiger charge is 2.32. The lowest BCUT2D eigenvalue weighted by Crippen LogP contribution is -2.39. The van der Waals surface area contributed by atoms with Gasteiger partial charge in [-0.25, -0.2) is 9.97 Å². The van der Waals surface area contributed by atoms with E-state index in [1.54, 1.807) is 0 Å². The topological polar surface area (TPSA) is 61.3 Å². The van der Waals surface area contributed by atoms with Crippen LogP contribution in [0.4, 0.5) is 11.6 Å². The van der Waals surface area contributed by atoms with Crippen molar-refractivity contribution in [2.24, 2.45) is 0 Å². The van der Waals surface area contributed by atoms with Gasteiger partial charge in [-0.2, -0.15) is 0 Å². The number of nitrogens with one attached hydrogen (secondary N) is 1. The van der Waals surface area contributed by atoms with Crippen LogP contribution in [-0.2, 0) is 0 Å². The minimum Gasteiger partial charge on any atom is -0.388 e. The van der Waals surface area contributed by atoms with Crippen LogP contribution in [0.3, 0.4) is 0 Å². The first-order valence-electron chi connectivity index (χ1n) is 7.17. The van der Waals surface area contributed by atoms with Crippen molar-refractivity contribution in [3.63, 3.8) is 0 Å². The summed E-state index contributed by atoms with van der Waals surface area (Å²) in [5.74, 6) is 1.70. The fourth-order valence-electron chi connectivity index (χ4n) is 2.69. The summed E-state index contributed by atoms with van der Waals surface area (Å²) in [4.78, 5) is 11.0. The van der Waals surface area contributed by atoms with Crippen LogP contribution in [-0.4, -0.2) is 47.1 Å². The van der Waals surface area contributed by atoms with Gasteiger partial charge in [0.15, 0.2) is 5.16 Å². The van der Waals surface area contributed by atoms with E-state index in [1.807, 2.05) is 31.2 Å². The number of hydrogen-bond donors (Lipinski definition) is 2. The smallest absolute Gasteiger partial charge is 0.191 e. The molecule has 0 atom stereocenters. The molecule has 2 rings (SSSR count). The molecule has 5 nitrogen and oxygen atoms in total. The first-order chi connectivity index (χ1) is 9.56. The summed E-state index contributed by atoms with van der Waals surface area (Å²) in [6.07, 6.45) is 5.98. The quantitative estimate of drug-likeness (QED) is 0.621. The predicted octanol–water partition coefficient (Wildman–Crippen LogP) is 2.37. The number of thioether (sulfide) groups is 1. The Hall–Kier alpha value is -1.01. The van der Waals surface area contributed by atoms with Crippen LogP contribution in [0.15, 0.2) is 11.2 Å². The molecule has 1 heterocycles. The van der Waals surface area contributed by atoms with Crippen LogP contribution in [0.2, 0.25) is 0 Å². The highest BCUT2D eigenvalue weighted by Crippen LogP contribution is 2.31. The molecule has 2 N–H and O–H groups in total. The molecule has 1 aliphatic rings. The maximum atomic E-state index is 10.5. The molecule has 0 aromatic carbocycles. The molecule has 112 valence electrons. The number of hydrogen-bond acceptors (Lipinski definition) is 6. The Bertz CT molecular complexity index is 449. The number of aliphatic hydroxyl groups is 1. The lowest BCUT2D eigenvalue weighted by atomic mass is 10.0. The van der Waals surface area contributed by atoms with Gasteiger partial charge in [-0.05, 0) is 26.0 Å². The Balaban J connectivity index is 2.15. The molecule has 1 aromatic heterocycles. The van der Waals surface area contributed by atoms with Gasteiger partial charge in [0, 0.05) is 26.2 Å². The second-order valence-corrected chi connectivity index (χ2v) is 6.19. The lowest BCUT2D eigenvalue weighted by Gasteiger charge is -2.29. The summed E-state index contributed by atoms with van der Waals surface area (Å²) >= 11 is 1.53. The third kappa shape index (κ3) is 3.76. The number of anilines is 2. The molecular weight excluding hydrogens is 272 g/mol. The predicted molar refractivity (Wildman–Crippen MR) is 84.7 cm³/mol. The molecule has 1 aromatic rings. The van der Waals surface area contributed by atoms with Crippen molar-refractivity contribution in [1.29, 1.82) is 0 Å². The zero-order valence-corrected chi connectivity index (χ0v) is 13.3. The largest absolute Gasteiger partial charge is 0.388 e. The van der Waals surface area contributed by atoms with Gasteiger partial charge in [0.2, 0.25) is 0 Å². The number of nitrogens with zero attached hydrogens (tertiary/aromatic N) is 3. The van der Waals surface area contributed by atoms with Gasteiger partial charge in [0.1, 0.15) is 11.6 Å². The molecule has 1 saturated carbocycles. The SMILES string of the molecule is CCNc1cc(N(C)CC2(O)CCCC2)nc(SC)n1. The maximum absolute atomic E-state index is 10.5. The van der Waals surface area contributed by atoms with Crippen LogP contribution < -0.4 is 10.2 Å². The highest BCUT2D eigenvalue weighted by molar-refractivity contribution is 7.98. The minimum atomic E-state index is -0.558. The van der Waals surface area contributed by atoms with Crippen molar-refractivity contribution in [3.05, 3.63) is 6.07 Å². The van der Waals surface area contributed by atoms with E-state index in [4.69, 9.17) is 0 Å². The maximum Gasteiger partial charge on any atom is 0.191 e. The van der Waals surface area contributed by atoms with Gasteiger partial charge in [-0.3, -0.25) is 0 Å². The van der Waals surface area contributed by atoms with Gasteiger partial charge >= 0.3 is 0 Å². The number of rotatable bonds is 6. The Morgan fingerprint density at radius 2 is 2.10 bits per heavy atom. The molecule has 20 heavy (non-hydrogen) atoms. The third-order valence-electron chi connectivity index (χ3n) is 3.69. The first-order valence-corrected chi connectivity index (χ1v) is 8.39. The van der Waals surface area contributed by atoms with Gasteiger partial charge in [-0.1, -0.05) is 24.6 Å². The molecule has 0 saturated heterocycles. The van der Waals surface area contributed by atoms with E-state index in [9.17, 15) is 5.11 Å². The molecular formula is C14H24N4OS.